The van der Waals surface area contributed by atoms with Gasteiger partial charge in [-0.25, -0.2) is 0 Å². The Balaban J connectivity index is 1.79. The van der Waals surface area contributed by atoms with Crippen LogP contribution in [0.25, 0.3) is 0 Å². The minimum absolute atomic E-state index is 0.211. The lowest BCUT2D eigenvalue weighted by Gasteiger charge is -2.48. The lowest BCUT2D eigenvalue weighted by molar-refractivity contribution is -0.114. The van der Waals surface area contributed by atoms with E-state index in [4.69, 9.17) is 5.26 Å². The highest BCUT2D eigenvalue weighted by atomic mass is 16.3. The van der Waals surface area contributed by atoms with Crippen molar-refractivity contribution < 1.29 is 9.90 Å². The van der Waals surface area contributed by atoms with Crippen LogP contribution in [0.1, 0.15) is 51.9 Å². The van der Waals surface area contributed by atoms with Gasteiger partial charge in [-0.3, -0.25) is 4.79 Å². The highest BCUT2D eigenvalue weighted by Gasteiger charge is 2.59. The lowest BCUT2D eigenvalue weighted by atomic mass is 9.58. The van der Waals surface area contributed by atoms with E-state index >= 15 is 0 Å². The Hall–Kier alpha value is -1.66. The molecule has 0 aromatic heterocycles. The lowest BCUT2D eigenvalue weighted by Crippen LogP contribution is -2.47. The normalized spacial score (nSPS) is 41.8. The number of allylic oxidation sites excluding steroid dienone is 5. The summed E-state index contributed by atoms with van der Waals surface area (Å²) in [5, 5.41) is 20.2. The summed E-state index contributed by atoms with van der Waals surface area (Å²) in [7, 11) is 0. The van der Waals surface area contributed by atoms with Crippen LogP contribution in [0, 0.1) is 28.6 Å². The number of nitrogens with zero attached hydrogens (tertiary/aromatic N) is 1. The average Bonchev–Trinajstić information content (AvgIpc) is 2.79. The van der Waals surface area contributed by atoms with Crippen LogP contribution in [0.4, 0.5) is 0 Å². The van der Waals surface area contributed by atoms with Gasteiger partial charge in [0.1, 0.15) is 0 Å². The number of ketones is 1. The third-order valence-corrected chi connectivity index (χ3v) is 6.93. The van der Waals surface area contributed by atoms with E-state index in [2.05, 4.69) is 25.1 Å². The topological polar surface area (TPSA) is 61.1 Å². The first kappa shape index (κ1) is 14.9. The Morgan fingerprint density at radius 2 is 2.17 bits per heavy atom. The molecule has 4 rings (SSSR count). The van der Waals surface area contributed by atoms with E-state index in [0.29, 0.717) is 24.7 Å². The summed E-state index contributed by atoms with van der Waals surface area (Å²) < 4.78 is 0. The van der Waals surface area contributed by atoms with Crippen LogP contribution >= 0.6 is 0 Å². The highest BCUT2D eigenvalue weighted by Crippen LogP contribution is 2.61. The van der Waals surface area contributed by atoms with Crippen molar-refractivity contribution in [3.05, 3.63) is 34.9 Å². The molecule has 4 aliphatic rings. The molecule has 1 saturated carbocycles. The number of rotatable bonds is 1. The van der Waals surface area contributed by atoms with Gasteiger partial charge < -0.3 is 5.11 Å². The summed E-state index contributed by atoms with van der Waals surface area (Å²) in [5.41, 5.74) is 2.83. The molecule has 0 bridgehead atoms. The molecule has 0 radical (unpaired) electrons. The molecule has 4 atom stereocenters. The molecule has 4 aliphatic carbocycles. The Morgan fingerprint density at radius 3 is 2.96 bits per heavy atom. The molecule has 0 aromatic rings. The van der Waals surface area contributed by atoms with E-state index in [1.54, 1.807) is 0 Å². The predicted molar refractivity (Wildman–Crippen MR) is 87.2 cm³/mol. The molecule has 3 nitrogen and oxygen atoms in total. The smallest absolute Gasteiger partial charge is 0.156 e. The van der Waals surface area contributed by atoms with Crippen LogP contribution in [-0.4, -0.2) is 16.5 Å². The Kier molecular flexibility index (Phi) is 3.19. The summed E-state index contributed by atoms with van der Waals surface area (Å²) >= 11 is 0. The number of fused-ring (bicyclic) bond motifs is 4. The molecule has 1 fully saturated rings. The highest BCUT2D eigenvalue weighted by molar-refractivity contribution is 5.93. The van der Waals surface area contributed by atoms with Crippen molar-refractivity contribution in [2.75, 3.05) is 0 Å². The third-order valence-electron chi connectivity index (χ3n) is 6.93. The first-order valence-electron chi connectivity index (χ1n) is 8.74. The molecule has 0 spiro atoms. The molecule has 1 N–H and O–H groups in total. The number of carbonyl (C=O) groups is 1. The van der Waals surface area contributed by atoms with Gasteiger partial charge in [-0.2, -0.15) is 5.26 Å². The summed E-state index contributed by atoms with van der Waals surface area (Å²) in [6.45, 7) is 2.13. The SMILES string of the molecule is C[C@]12C=CC3=C4CCC(=O)C=C4CC[C@H]3[C@@H]1CC[C@@]2(O)CC#N. The predicted octanol–water partition coefficient (Wildman–Crippen LogP) is 3.61. The summed E-state index contributed by atoms with van der Waals surface area (Å²) in [4.78, 5) is 11.7. The zero-order valence-electron chi connectivity index (χ0n) is 13.6. The molecule has 0 saturated heterocycles. The van der Waals surface area contributed by atoms with Gasteiger partial charge >= 0.3 is 0 Å². The van der Waals surface area contributed by atoms with Gasteiger partial charge in [0.15, 0.2) is 5.78 Å². The van der Waals surface area contributed by atoms with Crippen LogP contribution in [0.5, 0.6) is 0 Å². The van der Waals surface area contributed by atoms with Gasteiger partial charge in [-0.05, 0) is 66.7 Å². The fraction of sp³-hybridized carbons (Fsp3) is 0.600. The van der Waals surface area contributed by atoms with E-state index in [0.717, 1.165) is 25.7 Å². The summed E-state index contributed by atoms with van der Waals surface area (Å²) in [6.07, 6.45) is 11.7. The van der Waals surface area contributed by atoms with Gasteiger partial charge in [0.25, 0.3) is 0 Å². The van der Waals surface area contributed by atoms with Crippen LogP contribution in [0.3, 0.4) is 0 Å². The van der Waals surface area contributed by atoms with Crippen molar-refractivity contribution in [2.24, 2.45) is 17.3 Å². The van der Waals surface area contributed by atoms with Gasteiger partial charge in [0.2, 0.25) is 0 Å². The van der Waals surface area contributed by atoms with Crippen molar-refractivity contribution in [1.82, 2.24) is 0 Å². The second kappa shape index (κ2) is 4.92. The van der Waals surface area contributed by atoms with Crippen molar-refractivity contribution in [2.45, 2.75) is 57.5 Å². The van der Waals surface area contributed by atoms with Gasteiger partial charge in [0.05, 0.1) is 18.1 Å². The maximum Gasteiger partial charge on any atom is 0.156 e. The number of hydrogen-bond acceptors (Lipinski definition) is 3. The minimum Gasteiger partial charge on any atom is -0.388 e. The van der Waals surface area contributed by atoms with E-state index in [9.17, 15) is 9.90 Å². The van der Waals surface area contributed by atoms with Crippen LogP contribution in [-0.2, 0) is 4.79 Å². The van der Waals surface area contributed by atoms with Crippen LogP contribution < -0.4 is 0 Å². The number of hydrogen-bond donors (Lipinski definition) is 1. The fourth-order valence-electron chi connectivity index (χ4n) is 5.53. The van der Waals surface area contributed by atoms with Crippen molar-refractivity contribution in [3.63, 3.8) is 0 Å². The Morgan fingerprint density at radius 1 is 1.35 bits per heavy atom. The van der Waals surface area contributed by atoms with E-state index in [1.165, 1.54) is 16.7 Å². The summed E-state index contributed by atoms with van der Waals surface area (Å²) in [6, 6.07) is 2.19. The quantitative estimate of drug-likeness (QED) is 0.805. The van der Waals surface area contributed by atoms with E-state index < -0.39 is 5.60 Å². The van der Waals surface area contributed by atoms with Gasteiger partial charge in [-0.1, -0.05) is 19.1 Å². The number of nitriles is 1. The molecule has 0 unspecified atom stereocenters. The Labute approximate surface area is 137 Å². The second-order valence-electron chi connectivity index (χ2n) is 7.84. The van der Waals surface area contributed by atoms with E-state index in [-0.39, 0.29) is 17.6 Å². The fourth-order valence-corrected chi connectivity index (χ4v) is 5.53. The average molecular weight is 309 g/mol. The molecule has 0 amide bonds. The molecule has 3 heteroatoms. The van der Waals surface area contributed by atoms with Crippen molar-refractivity contribution in [3.8, 4) is 6.07 Å². The monoisotopic (exact) mass is 309 g/mol. The van der Waals surface area contributed by atoms with Crippen molar-refractivity contribution in [1.29, 1.82) is 5.26 Å². The number of aliphatic hydroxyl groups is 1. The molecular formula is C20H23NO2. The first-order valence-corrected chi connectivity index (χ1v) is 8.74. The zero-order valence-corrected chi connectivity index (χ0v) is 13.6. The van der Waals surface area contributed by atoms with E-state index in [1.807, 2.05) is 6.08 Å². The maximum atomic E-state index is 11.7. The largest absolute Gasteiger partial charge is 0.388 e. The Bertz CT molecular complexity index is 708. The zero-order chi connectivity index (χ0) is 16.2. The number of carbonyl (C=O) groups excluding carboxylic acids is 1. The molecule has 0 aromatic carbocycles. The molecule has 0 heterocycles. The standard InChI is InChI=1S/C20H23NO2/c1-19-8-6-16-15-5-3-14(22)12-13(15)2-4-17(16)18(19)7-9-20(19,23)10-11-21/h6,8,12,17-18,23H,2-5,7,9-10H2,1H3/t17-,18+,19+,20-/m1/s1. The van der Waals surface area contributed by atoms with Crippen LogP contribution in [0.15, 0.2) is 34.9 Å². The summed E-state index contributed by atoms with van der Waals surface area (Å²) in [5.74, 6) is 1.14. The second-order valence-corrected chi connectivity index (χ2v) is 7.84. The minimum atomic E-state index is -0.891. The van der Waals surface area contributed by atoms with Crippen molar-refractivity contribution >= 4 is 5.78 Å². The molecule has 0 aliphatic heterocycles. The molecule has 23 heavy (non-hydrogen) atoms. The molecular weight excluding hydrogens is 286 g/mol. The van der Waals surface area contributed by atoms with Crippen LogP contribution in [0.2, 0.25) is 0 Å². The van der Waals surface area contributed by atoms with Gasteiger partial charge in [-0.15, -0.1) is 0 Å². The molecule has 120 valence electrons. The third kappa shape index (κ3) is 1.94. The first-order chi connectivity index (χ1) is 11.0. The van der Waals surface area contributed by atoms with Gasteiger partial charge in [0, 0.05) is 11.8 Å². The maximum absolute atomic E-state index is 11.7.